The summed E-state index contributed by atoms with van der Waals surface area (Å²) in [7, 11) is 0. The van der Waals surface area contributed by atoms with Crippen LogP contribution in [0.4, 0.5) is 0 Å². The molecule has 24 heavy (non-hydrogen) atoms. The van der Waals surface area contributed by atoms with Gasteiger partial charge in [-0.3, -0.25) is 4.90 Å². The van der Waals surface area contributed by atoms with E-state index in [9.17, 15) is 9.90 Å². The number of aliphatic hydroxyl groups excluding tert-OH is 1. The van der Waals surface area contributed by atoms with E-state index in [2.05, 4.69) is 11.8 Å². The maximum atomic E-state index is 10.7. The molecule has 6 heteroatoms. The van der Waals surface area contributed by atoms with Gasteiger partial charge in [0.05, 0.1) is 0 Å². The normalized spacial score (nSPS) is 21.6. The summed E-state index contributed by atoms with van der Waals surface area (Å²) in [5.74, 6) is -0.450. The van der Waals surface area contributed by atoms with Crippen LogP contribution < -0.4 is 4.74 Å². The lowest BCUT2D eigenvalue weighted by atomic mass is 9.77. The van der Waals surface area contributed by atoms with E-state index < -0.39 is 5.97 Å². The molecule has 134 valence electrons. The highest BCUT2D eigenvalue weighted by atomic mass is 35.5. The summed E-state index contributed by atoms with van der Waals surface area (Å²) < 4.78 is 5.39. The Hall–Kier alpha value is -1.30. The first-order chi connectivity index (χ1) is 11.5. The second-order valence-electron chi connectivity index (χ2n) is 6.66. The van der Waals surface area contributed by atoms with Gasteiger partial charge in [0, 0.05) is 35.7 Å². The zero-order valence-corrected chi connectivity index (χ0v) is 14.9. The summed E-state index contributed by atoms with van der Waals surface area (Å²) in [4.78, 5) is 13.0. The number of benzene rings is 1. The maximum absolute atomic E-state index is 10.7. The van der Waals surface area contributed by atoms with Gasteiger partial charge in [-0.25, -0.2) is 4.79 Å². The minimum absolute atomic E-state index is 0.0341. The van der Waals surface area contributed by atoms with Crippen molar-refractivity contribution in [2.75, 3.05) is 26.3 Å². The molecule has 2 rings (SSSR count). The number of aliphatic carboxylic acids is 1. The van der Waals surface area contributed by atoms with Crippen LogP contribution in [0.3, 0.4) is 0 Å². The van der Waals surface area contributed by atoms with Gasteiger partial charge in [0.25, 0.3) is 0 Å². The van der Waals surface area contributed by atoms with Crippen molar-refractivity contribution in [3.8, 4) is 5.75 Å². The third kappa shape index (κ3) is 5.10. The molecule has 1 aliphatic heterocycles. The second kappa shape index (κ2) is 8.70. The number of carboxylic acid groups (broad SMARTS) is 1. The van der Waals surface area contributed by atoms with E-state index in [0.29, 0.717) is 17.3 Å². The van der Waals surface area contributed by atoms with Gasteiger partial charge in [0.1, 0.15) is 5.75 Å². The van der Waals surface area contributed by atoms with Crippen LogP contribution in [0.1, 0.15) is 38.2 Å². The number of halogens is 1. The van der Waals surface area contributed by atoms with Gasteiger partial charge >= 0.3 is 5.97 Å². The first-order valence-corrected chi connectivity index (χ1v) is 8.82. The Labute approximate surface area is 148 Å². The first kappa shape index (κ1) is 19.0. The van der Waals surface area contributed by atoms with E-state index in [1.165, 1.54) is 0 Å². The molecule has 0 unspecified atom stereocenters. The van der Waals surface area contributed by atoms with Crippen molar-refractivity contribution in [3.63, 3.8) is 0 Å². The fourth-order valence-electron chi connectivity index (χ4n) is 3.58. The molecule has 1 saturated heterocycles. The Morgan fingerprint density at radius 2 is 2.25 bits per heavy atom. The molecule has 0 radical (unpaired) electrons. The van der Waals surface area contributed by atoms with Crippen LogP contribution in [0, 0.1) is 5.41 Å². The zero-order chi connectivity index (χ0) is 17.6. The van der Waals surface area contributed by atoms with E-state index in [1.54, 1.807) is 12.1 Å². The van der Waals surface area contributed by atoms with E-state index in [4.69, 9.17) is 21.4 Å². The third-order valence-corrected chi connectivity index (χ3v) is 4.86. The van der Waals surface area contributed by atoms with Crippen molar-refractivity contribution in [1.82, 2.24) is 4.90 Å². The molecule has 1 atom stereocenters. The van der Waals surface area contributed by atoms with Crippen LogP contribution in [-0.4, -0.2) is 47.4 Å². The van der Waals surface area contributed by atoms with Crippen LogP contribution >= 0.6 is 11.6 Å². The molecule has 2 N–H and O–H groups in total. The molecule has 0 aliphatic carbocycles. The van der Waals surface area contributed by atoms with Crippen LogP contribution in [0.2, 0.25) is 5.02 Å². The van der Waals surface area contributed by atoms with Gasteiger partial charge in [-0.2, -0.15) is 0 Å². The number of ether oxygens (including phenoxy) is 1. The molecule has 5 nitrogen and oxygen atoms in total. The molecular formula is C18H26ClNO4. The summed E-state index contributed by atoms with van der Waals surface area (Å²) in [6.45, 7) is 4.41. The average molecular weight is 356 g/mol. The third-order valence-electron chi connectivity index (χ3n) is 4.62. The summed E-state index contributed by atoms with van der Waals surface area (Å²) in [5, 5.41) is 19.3. The van der Waals surface area contributed by atoms with Gasteiger partial charge in [-0.15, -0.1) is 0 Å². The Morgan fingerprint density at radius 1 is 1.46 bits per heavy atom. The Bertz CT molecular complexity index is 562. The molecule has 0 amide bonds. The Balaban J connectivity index is 2.11. The highest BCUT2D eigenvalue weighted by molar-refractivity contribution is 6.30. The summed E-state index contributed by atoms with van der Waals surface area (Å²) >= 11 is 6.10. The largest absolute Gasteiger partial charge is 0.482 e. The van der Waals surface area contributed by atoms with E-state index >= 15 is 0 Å². The molecule has 0 bridgehead atoms. The van der Waals surface area contributed by atoms with Crippen LogP contribution in [-0.2, 0) is 11.3 Å². The van der Waals surface area contributed by atoms with Crippen molar-refractivity contribution >= 4 is 17.6 Å². The SMILES string of the molecule is CCC[C@@]1(CO)CCCN(Cc2cc(Cl)ccc2OCC(=O)O)C1. The number of rotatable bonds is 8. The molecule has 1 aromatic rings. The fraction of sp³-hybridized carbons (Fsp3) is 0.611. The maximum Gasteiger partial charge on any atom is 0.341 e. The number of carboxylic acids is 1. The van der Waals surface area contributed by atoms with Gasteiger partial charge in [-0.1, -0.05) is 24.9 Å². The average Bonchev–Trinajstić information content (AvgIpc) is 2.54. The first-order valence-electron chi connectivity index (χ1n) is 8.44. The topological polar surface area (TPSA) is 70.0 Å². The van der Waals surface area contributed by atoms with Crippen molar-refractivity contribution in [3.05, 3.63) is 28.8 Å². The highest BCUT2D eigenvalue weighted by Gasteiger charge is 2.34. The van der Waals surface area contributed by atoms with Crippen LogP contribution in [0.25, 0.3) is 0 Å². The van der Waals surface area contributed by atoms with Gasteiger partial charge in [0.2, 0.25) is 0 Å². The lowest BCUT2D eigenvalue weighted by Crippen LogP contribution is -2.45. The van der Waals surface area contributed by atoms with Crippen LogP contribution in [0.5, 0.6) is 5.75 Å². The van der Waals surface area contributed by atoms with E-state index in [1.807, 2.05) is 6.07 Å². The quantitative estimate of drug-likeness (QED) is 0.749. The zero-order valence-electron chi connectivity index (χ0n) is 14.1. The molecule has 1 aromatic carbocycles. The molecule has 0 spiro atoms. The lowest BCUT2D eigenvalue weighted by Gasteiger charge is -2.42. The number of aliphatic hydroxyl groups is 1. The second-order valence-corrected chi connectivity index (χ2v) is 7.09. The van der Waals surface area contributed by atoms with Crippen LogP contribution in [0.15, 0.2) is 18.2 Å². The minimum Gasteiger partial charge on any atom is -0.482 e. The standard InChI is InChI=1S/C18H26ClNO4/c1-2-6-18(13-21)7-3-8-20(12-18)10-14-9-15(19)4-5-16(14)24-11-17(22)23/h4-5,9,21H,2-3,6-8,10-13H2,1H3,(H,22,23)/t18-/m1/s1. The predicted molar refractivity (Wildman–Crippen MR) is 93.5 cm³/mol. The minimum atomic E-state index is -1.00. The Morgan fingerprint density at radius 3 is 2.92 bits per heavy atom. The van der Waals surface area contributed by atoms with Crippen molar-refractivity contribution in [1.29, 1.82) is 0 Å². The van der Waals surface area contributed by atoms with Crippen molar-refractivity contribution < 1.29 is 19.7 Å². The number of likely N-dealkylation sites (tertiary alicyclic amines) is 1. The van der Waals surface area contributed by atoms with Gasteiger partial charge < -0.3 is 14.9 Å². The number of carbonyl (C=O) groups is 1. The molecule has 0 saturated carbocycles. The van der Waals surface area contributed by atoms with E-state index in [-0.39, 0.29) is 18.6 Å². The lowest BCUT2D eigenvalue weighted by molar-refractivity contribution is -0.139. The highest BCUT2D eigenvalue weighted by Crippen LogP contribution is 2.35. The summed E-state index contributed by atoms with van der Waals surface area (Å²) in [6.07, 6.45) is 4.16. The monoisotopic (exact) mass is 355 g/mol. The summed E-state index contributed by atoms with van der Waals surface area (Å²) in [6, 6.07) is 5.25. The van der Waals surface area contributed by atoms with Gasteiger partial charge in [-0.05, 0) is 44.0 Å². The van der Waals surface area contributed by atoms with E-state index in [0.717, 1.165) is 44.3 Å². The summed E-state index contributed by atoms with van der Waals surface area (Å²) in [5.41, 5.74) is 0.849. The Kier molecular flexibility index (Phi) is 6.90. The predicted octanol–water partition coefficient (Wildman–Crippen LogP) is 3.18. The van der Waals surface area contributed by atoms with Crippen molar-refractivity contribution in [2.24, 2.45) is 5.41 Å². The molecule has 1 heterocycles. The number of hydrogen-bond donors (Lipinski definition) is 2. The number of nitrogens with zero attached hydrogens (tertiary/aromatic N) is 1. The molecule has 0 aromatic heterocycles. The smallest absolute Gasteiger partial charge is 0.341 e. The molecular weight excluding hydrogens is 330 g/mol. The number of piperidine rings is 1. The fourth-order valence-corrected chi connectivity index (χ4v) is 3.78. The van der Waals surface area contributed by atoms with Gasteiger partial charge in [0.15, 0.2) is 6.61 Å². The molecule has 1 fully saturated rings. The van der Waals surface area contributed by atoms with Crippen molar-refractivity contribution in [2.45, 2.75) is 39.2 Å². The molecule has 1 aliphatic rings. The number of hydrogen-bond acceptors (Lipinski definition) is 4.